The van der Waals surface area contributed by atoms with Crippen LogP contribution in [0.3, 0.4) is 0 Å². The van der Waals surface area contributed by atoms with Gasteiger partial charge in [-0.3, -0.25) is 9.59 Å². The van der Waals surface area contributed by atoms with Crippen LogP contribution in [0.15, 0.2) is 60.0 Å². The highest BCUT2D eigenvalue weighted by atomic mass is 32.1. The Balaban J connectivity index is 1.54. The molecule has 0 spiro atoms. The molecule has 0 fully saturated rings. The van der Waals surface area contributed by atoms with Crippen molar-refractivity contribution < 1.29 is 23.1 Å². The molecule has 0 bridgehead atoms. The molecule has 1 aliphatic rings. The van der Waals surface area contributed by atoms with Crippen LogP contribution < -0.4 is 4.74 Å². The Morgan fingerprint density at radius 2 is 1.91 bits per heavy atom. The fourth-order valence-electron chi connectivity index (χ4n) is 4.25. The molecule has 35 heavy (non-hydrogen) atoms. The lowest BCUT2D eigenvalue weighted by atomic mass is 10.00. The Hall–Kier alpha value is -3.26. The van der Waals surface area contributed by atoms with Crippen LogP contribution in [-0.4, -0.2) is 47.4 Å². The van der Waals surface area contributed by atoms with E-state index in [9.17, 15) is 18.4 Å². The van der Waals surface area contributed by atoms with E-state index in [4.69, 9.17) is 4.74 Å². The summed E-state index contributed by atoms with van der Waals surface area (Å²) in [5, 5.41) is 2.00. The highest BCUT2D eigenvalue weighted by Gasteiger charge is 2.34. The topological polar surface area (TPSA) is 49.9 Å². The van der Waals surface area contributed by atoms with Crippen molar-refractivity contribution in [3.8, 4) is 5.75 Å². The summed E-state index contributed by atoms with van der Waals surface area (Å²) in [5.41, 5.74) is 1.25. The summed E-state index contributed by atoms with van der Waals surface area (Å²) in [6, 6.07) is 12.8. The highest BCUT2D eigenvalue weighted by molar-refractivity contribution is 7.10. The van der Waals surface area contributed by atoms with Crippen LogP contribution in [-0.2, 0) is 11.2 Å². The molecule has 8 heteroatoms. The summed E-state index contributed by atoms with van der Waals surface area (Å²) in [4.78, 5) is 31.3. The van der Waals surface area contributed by atoms with Crippen molar-refractivity contribution in [1.29, 1.82) is 0 Å². The fourth-order valence-corrected chi connectivity index (χ4v) is 5.18. The SMILES string of the molecule is CC[C@H](C)N(CC(=O)N1CCc2sccc2[C@@H]1COc1ccc(F)cc1)C(=O)c1cccc(F)c1. The van der Waals surface area contributed by atoms with Gasteiger partial charge in [0.15, 0.2) is 0 Å². The molecule has 0 N–H and O–H groups in total. The average Bonchev–Trinajstić information content (AvgIpc) is 3.35. The maximum Gasteiger partial charge on any atom is 0.254 e. The van der Waals surface area contributed by atoms with Gasteiger partial charge in [0.2, 0.25) is 5.91 Å². The molecule has 0 radical (unpaired) electrons. The molecular formula is C27H28F2N2O3S. The predicted molar refractivity (Wildman–Crippen MR) is 132 cm³/mol. The van der Waals surface area contributed by atoms with E-state index in [2.05, 4.69) is 0 Å². The summed E-state index contributed by atoms with van der Waals surface area (Å²) in [7, 11) is 0. The van der Waals surface area contributed by atoms with Crippen LogP contribution in [0.1, 0.15) is 47.1 Å². The van der Waals surface area contributed by atoms with Gasteiger partial charge in [0, 0.05) is 23.0 Å². The molecule has 0 saturated heterocycles. The standard InChI is InChI=1S/C27H28F2N2O3S/c1-3-18(2)31(27(33)19-5-4-6-21(29)15-19)16-26(32)30-13-11-25-23(12-14-35-25)24(30)17-34-22-9-7-20(28)8-10-22/h4-10,12,14-15,18,24H,3,11,13,16-17H2,1-2H3/t18-,24-/m0/s1. The predicted octanol–water partition coefficient (Wildman–Crippen LogP) is 5.47. The molecule has 2 amide bonds. The van der Waals surface area contributed by atoms with Gasteiger partial charge in [-0.05, 0) is 79.2 Å². The zero-order valence-corrected chi connectivity index (χ0v) is 20.6. The summed E-state index contributed by atoms with van der Waals surface area (Å²) in [6.45, 7) is 4.43. The van der Waals surface area contributed by atoms with Gasteiger partial charge < -0.3 is 14.5 Å². The summed E-state index contributed by atoms with van der Waals surface area (Å²) in [6.07, 6.45) is 1.38. The fraction of sp³-hybridized carbons (Fsp3) is 0.333. The van der Waals surface area contributed by atoms with Crippen molar-refractivity contribution in [2.24, 2.45) is 0 Å². The minimum absolute atomic E-state index is 0.114. The number of carbonyl (C=O) groups is 2. The molecule has 0 aliphatic carbocycles. The van der Waals surface area contributed by atoms with Gasteiger partial charge in [-0.1, -0.05) is 13.0 Å². The normalized spacial score (nSPS) is 15.9. The molecule has 0 saturated carbocycles. The second kappa shape index (κ2) is 11.0. The van der Waals surface area contributed by atoms with Crippen LogP contribution in [0.4, 0.5) is 8.78 Å². The van der Waals surface area contributed by atoms with Crippen LogP contribution in [0.25, 0.3) is 0 Å². The summed E-state index contributed by atoms with van der Waals surface area (Å²) >= 11 is 1.65. The Kier molecular flexibility index (Phi) is 7.80. The van der Waals surface area contributed by atoms with E-state index in [-0.39, 0.29) is 48.4 Å². The number of fused-ring (bicyclic) bond motifs is 1. The highest BCUT2D eigenvalue weighted by Crippen LogP contribution is 2.34. The molecular weight excluding hydrogens is 470 g/mol. The number of hydrogen-bond donors (Lipinski definition) is 0. The Morgan fingerprint density at radius 3 is 2.63 bits per heavy atom. The summed E-state index contributed by atoms with van der Waals surface area (Å²) < 4.78 is 33.0. The van der Waals surface area contributed by atoms with Crippen molar-refractivity contribution in [1.82, 2.24) is 9.80 Å². The molecule has 2 atom stereocenters. The number of hydrogen-bond acceptors (Lipinski definition) is 4. The van der Waals surface area contributed by atoms with Gasteiger partial charge in [0.25, 0.3) is 5.91 Å². The first-order valence-electron chi connectivity index (χ1n) is 11.7. The Bertz CT molecular complexity index is 1180. The monoisotopic (exact) mass is 498 g/mol. The number of rotatable bonds is 8. The first kappa shape index (κ1) is 24.9. The van der Waals surface area contributed by atoms with E-state index in [1.54, 1.807) is 34.4 Å². The van der Waals surface area contributed by atoms with Crippen molar-refractivity contribution in [2.45, 2.75) is 38.8 Å². The van der Waals surface area contributed by atoms with Gasteiger partial charge in [0.05, 0.1) is 6.04 Å². The lowest BCUT2D eigenvalue weighted by Gasteiger charge is -2.38. The number of thiophene rings is 1. The largest absolute Gasteiger partial charge is 0.491 e. The molecule has 2 heterocycles. The molecule has 1 aromatic heterocycles. The van der Waals surface area contributed by atoms with Crippen molar-refractivity contribution in [3.05, 3.63) is 87.6 Å². The van der Waals surface area contributed by atoms with E-state index < -0.39 is 5.82 Å². The third-order valence-electron chi connectivity index (χ3n) is 6.40. The van der Waals surface area contributed by atoms with Gasteiger partial charge >= 0.3 is 0 Å². The van der Waals surface area contributed by atoms with Crippen LogP contribution >= 0.6 is 11.3 Å². The van der Waals surface area contributed by atoms with Crippen molar-refractivity contribution in [3.63, 3.8) is 0 Å². The van der Waals surface area contributed by atoms with E-state index in [1.165, 1.54) is 40.1 Å². The first-order chi connectivity index (χ1) is 16.9. The molecule has 4 rings (SSSR count). The van der Waals surface area contributed by atoms with Crippen LogP contribution in [0.2, 0.25) is 0 Å². The van der Waals surface area contributed by atoms with Gasteiger partial charge in [0.1, 0.15) is 30.5 Å². The molecule has 5 nitrogen and oxygen atoms in total. The molecule has 2 aromatic carbocycles. The first-order valence-corrected chi connectivity index (χ1v) is 12.6. The number of carbonyl (C=O) groups excluding carboxylic acids is 2. The summed E-state index contributed by atoms with van der Waals surface area (Å²) in [5.74, 6) is -0.895. The number of ether oxygens (including phenoxy) is 1. The van der Waals surface area contributed by atoms with E-state index in [0.29, 0.717) is 18.7 Å². The average molecular weight is 499 g/mol. The van der Waals surface area contributed by atoms with Crippen LogP contribution in [0.5, 0.6) is 5.75 Å². The Labute approximate surface area is 207 Å². The molecule has 184 valence electrons. The molecule has 0 unspecified atom stereocenters. The van der Waals surface area contributed by atoms with E-state index in [0.717, 1.165) is 12.0 Å². The maximum absolute atomic E-state index is 13.8. The number of nitrogens with zero attached hydrogens (tertiary/aromatic N) is 2. The molecule has 3 aromatic rings. The zero-order valence-electron chi connectivity index (χ0n) is 19.7. The second-order valence-corrected chi connectivity index (χ2v) is 9.62. The van der Waals surface area contributed by atoms with Gasteiger partial charge in [-0.2, -0.15) is 0 Å². The third kappa shape index (κ3) is 5.70. The number of amides is 2. The minimum Gasteiger partial charge on any atom is -0.491 e. The molecule has 1 aliphatic heterocycles. The number of halogens is 2. The van der Waals surface area contributed by atoms with Crippen molar-refractivity contribution in [2.75, 3.05) is 19.7 Å². The van der Waals surface area contributed by atoms with Crippen molar-refractivity contribution >= 4 is 23.2 Å². The van der Waals surface area contributed by atoms with E-state index in [1.807, 2.05) is 25.3 Å². The minimum atomic E-state index is -0.495. The lowest BCUT2D eigenvalue weighted by Crippen LogP contribution is -2.49. The van der Waals surface area contributed by atoms with E-state index >= 15 is 0 Å². The number of benzene rings is 2. The third-order valence-corrected chi connectivity index (χ3v) is 7.39. The zero-order chi connectivity index (χ0) is 24.9. The van der Waals surface area contributed by atoms with Gasteiger partial charge in [-0.15, -0.1) is 11.3 Å². The lowest BCUT2D eigenvalue weighted by molar-refractivity contribution is -0.136. The maximum atomic E-state index is 13.8. The smallest absolute Gasteiger partial charge is 0.254 e. The van der Waals surface area contributed by atoms with Crippen LogP contribution in [0, 0.1) is 11.6 Å². The second-order valence-electron chi connectivity index (χ2n) is 8.62. The van der Waals surface area contributed by atoms with Gasteiger partial charge in [-0.25, -0.2) is 8.78 Å². The Morgan fingerprint density at radius 1 is 1.14 bits per heavy atom. The quantitative estimate of drug-likeness (QED) is 0.414.